The first-order valence-electron chi connectivity index (χ1n) is 5.74. The molecule has 1 rings (SSSR count). The molecule has 0 spiro atoms. The molecule has 0 unspecified atom stereocenters. The van der Waals surface area contributed by atoms with Crippen LogP contribution in [0.3, 0.4) is 0 Å². The number of carbonyl (C=O) groups is 1. The van der Waals surface area contributed by atoms with Crippen molar-refractivity contribution in [1.82, 2.24) is 4.98 Å². The lowest BCUT2D eigenvalue weighted by atomic mass is 9.94. The lowest BCUT2D eigenvalue weighted by Crippen LogP contribution is -2.09. The summed E-state index contributed by atoms with van der Waals surface area (Å²) in [5.74, 6) is 1.18. The van der Waals surface area contributed by atoms with Gasteiger partial charge in [-0.05, 0) is 12.0 Å². The molecule has 1 heterocycles. The maximum Gasteiger partial charge on any atom is 0.166 e. The van der Waals surface area contributed by atoms with E-state index in [1.165, 1.54) is 0 Å². The summed E-state index contributed by atoms with van der Waals surface area (Å²) >= 11 is 0. The second-order valence-electron chi connectivity index (χ2n) is 3.89. The number of ether oxygens (including phenoxy) is 1. The summed E-state index contributed by atoms with van der Waals surface area (Å²) in [4.78, 5) is 16.0. The SMILES string of the molecule is CCC(CC)CC(=O)c1ccncc1OC. The van der Waals surface area contributed by atoms with E-state index in [-0.39, 0.29) is 5.78 Å². The molecular formula is C13H19NO2. The highest BCUT2D eigenvalue weighted by molar-refractivity contribution is 5.98. The fraction of sp³-hybridized carbons (Fsp3) is 0.538. The smallest absolute Gasteiger partial charge is 0.166 e. The van der Waals surface area contributed by atoms with Gasteiger partial charge in [0, 0.05) is 12.6 Å². The van der Waals surface area contributed by atoms with Crippen LogP contribution in [0.15, 0.2) is 18.5 Å². The highest BCUT2D eigenvalue weighted by atomic mass is 16.5. The Balaban J connectivity index is 2.79. The molecule has 1 aromatic rings. The number of aromatic nitrogens is 1. The highest BCUT2D eigenvalue weighted by Crippen LogP contribution is 2.22. The van der Waals surface area contributed by atoms with Crippen LogP contribution in [0.1, 0.15) is 43.5 Å². The van der Waals surface area contributed by atoms with Crippen LogP contribution in [0.2, 0.25) is 0 Å². The van der Waals surface area contributed by atoms with Gasteiger partial charge in [-0.3, -0.25) is 9.78 Å². The van der Waals surface area contributed by atoms with Gasteiger partial charge in [0.05, 0.1) is 18.9 Å². The molecule has 3 nitrogen and oxygen atoms in total. The van der Waals surface area contributed by atoms with Gasteiger partial charge in [0.25, 0.3) is 0 Å². The number of carbonyl (C=O) groups excluding carboxylic acids is 1. The molecular weight excluding hydrogens is 202 g/mol. The van der Waals surface area contributed by atoms with Gasteiger partial charge in [-0.2, -0.15) is 0 Å². The van der Waals surface area contributed by atoms with Crippen molar-refractivity contribution in [3.8, 4) is 5.75 Å². The van der Waals surface area contributed by atoms with E-state index in [9.17, 15) is 4.79 Å². The zero-order chi connectivity index (χ0) is 12.0. The van der Waals surface area contributed by atoms with Crippen LogP contribution in [0.5, 0.6) is 5.75 Å². The molecule has 88 valence electrons. The van der Waals surface area contributed by atoms with Crippen LogP contribution >= 0.6 is 0 Å². The van der Waals surface area contributed by atoms with E-state index in [2.05, 4.69) is 18.8 Å². The van der Waals surface area contributed by atoms with E-state index in [1.54, 1.807) is 25.6 Å². The van der Waals surface area contributed by atoms with Gasteiger partial charge in [0.1, 0.15) is 5.75 Å². The van der Waals surface area contributed by atoms with Crippen LogP contribution in [0.4, 0.5) is 0 Å². The van der Waals surface area contributed by atoms with Gasteiger partial charge >= 0.3 is 0 Å². The van der Waals surface area contributed by atoms with Crippen molar-refractivity contribution in [1.29, 1.82) is 0 Å². The zero-order valence-electron chi connectivity index (χ0n) is 10.2. The first-order chi connectivity index (χ1) is 7.72. The molecule has 3 heteroatoms. The van der Waals surface area contributed by atoms with E-state index in [1.807, 2.05) is 0 Å². The molecule has 0 aliphatic carbocycles. The van der Waals surface area contributed by atoms with Gasteiger partial charge < -0.3 is 4.74 Å². The number of rotatable bonds is 6. The Kier molecular flexibility index (Phi) is 4.96. The van der Waals surface area contributed by atoms with Gasteiger partial charge in [0.2, 0.25) is 0 Å². The van der Waals surface area contributed by atoms with Crippen LogP contribution in [-0.2, 0) is 0 Å². The minimum absolute atomic E-state index is 0.146. The Bertz CT molecular complexity index is 346. The number of hydrogen-bond donors (Lipinski definition) is 0. The Morgan fingerprint density at radius 2 is 2.12 bits per heavy atom. The topological polar surface area (TPSA) is 39.2 Å². The minimum atomic E-state index is 0.146. The average molecular weight is 221 g/mol. The van der Waals surface area contributed by atoms with E-state index in [0.717, 1.165) is 12.8 Å². The van der Waals surface area contributed by atoms with Crippen molar-refractivity contribution >= 4 is 5.78 Å². The van der Waals surface area contributed by atoms with Crippen LogP contribution in [0.25, 0.3) is 0 Å². The molecule has 0 radical (unpaired) electrons. The lowest BCUT2D eigenvalue weighted by Gasteiger charge is -2.12. The third kappa shape index (κ3) is 3.05. The molecule has 0 aliphatic heterocycles. The standard InChI is InChI=1S/C13H19NO2/c1-4-10(5-2)8-12(15)11-6-7-14-9-13(11)16-3/h6-7,9-10H,4-5,8H2,1-3H3. The quantitative estimate of drug-likeness (QED) is 0.693. The second-order valence-corrected chi connectivity index (χ2v) is 3.89. The molecule has 0 N–H and O–H groups in total. The van der Waals surface area contributed by atoms with Gasteiger partial charge in [-0.1, -0.05) is 26.7 Å². The first kappa shape index (κ1) is 12.7. The molecule has 0 fully saturated rings. The summed E-state index contributed by atoms with van der Waals surface area (Å²) in [6, 6.07) is 1.73. The number of hydrogen-bond acceptors (Lipinski definition) is 3. The molecule has 16 heavy (non-hydrogen) atoms. The largest absolute Gasteiger partial charge is 0.494 e. The van der Waals surface area contributed by atoms with Crippen molar-refractivity contribution in [3.05, 3.63) is 24.0 Å². The van der Waals surface area contributed by atoms with E-state index in [4.69, 9.17) is 4.74 Å². The maximum absolute atomic E-state index is 12.0. The summed E-state index contributed by atoms with van der Waals surface area (Å²) in [5, 5.41) is 0. The summed E-state index contributed by atoms with van der Waals surface area (Å²) in [7, 11) is 1.56. The normalized spacial score (nSPS) is 10.5. The summed E-state index contributed by atoms with van der Waals surface area (Å²) in [6.45, 7) is 4.23. The monoisotopic (exact) mass is 221 g/mol. The molecule has 1 aromatic heterocycles. The predicted octanol–water partition coefficient (Wildman–Crippen LogP) is 3.10. The Labute approximate surface area is 96.8 Å². The van der Waals surface area contributed by atoms with Gasteiger partial charge in [-0.25, -0.2) is 0 Å². The third-order valence-electron chi connectivity index (χ3n) is 2.93. The van der Waals surface area contributed by atoms with Gasteiger partial charge in [-0.15, -0.1) is 0 Å². The fourth-order valence-corrected chi connectivity index (χ4v) is 1.72. The molecule has 0 bridgehead atoms. The minimum Gasteiger partial charge on any atom is -0.494 e. The molecule has 0 atom stereocenters. The fourth-order valence-electron chi connectivity index (χ4n) is 1.72. The first-order valence-corrected chi connectivity index (χ1v) is 5.74. The molecule has 0 aromatic carbocycles. The molecule has 0 saturated heterocycles. The van der Waals surface area contributed by atoms with Crippen molar-refractivity contribution in [3.63, 3.8) is 0 Å². The lowest BCUT2D eigenvalue weighted by molar-refractivity contribution is 0.0955. The predicted molar refractivity (Wildman–Crippen MR) is 63.8 cm³/mol. The van der Waals surface area contributed by atoms with E-state index in [0.29, 0.717) is 23.7 Å². The Morgan fingerprint density at radius 1 is 1.44 bits per heavy atom. The molecule has 0 amide bonds. The van der Waals surface area contributed by atoms with Crippen molar-refractivity contribution in [2.75, 3.05) is 7.11 Å². The number of pyridine rings is 1. The molecule has 0 saturated carbocycles. The summed E-state index contributed by atoms with van der Waals surface area (Å²) in [5.41, 5.74) is 0.643. The molecule has 0 aliphatic rings. The third-order valence-corrected chi connectivity index (χ3v) is 2.93. The highest BCUT2D eigenvalue weighted by Gasteiger charge is 2.15. The van der Waals surface area contributed by atoms with E-state index >= 15 is 0 Å². The zero-order valence-corrected chi connectivity index (χ0v) is 10.2. The number of Topliss-reactive ketones (excluding diaryl/α,β-unsaturated/α-hetero) is 1. The number of methoxy groups -OCH3 is 1. The van der Waals surface area contributed by atoms with E-state index < -0.39 is 0 Å². The van der Waals surface area contributed by atoms with Gasteiger partial charge in [0.15, 0.2) is 5.78 Å². The van der Waals surface area contributed by atoms with Crippen molar-refractivity contribution < 1.29 is 9.53 Å². The average Bonchev–Trinajstić information content (AvgIpc) is 2.35. The maximum atomic E-state index is 12.0. The summed E-state index contributed by atoms with van der Waals surface area (Å²) in [6.07, 6.45) is 5.88. The van der Waals surface area contributed by atoms with Crippen LogP contribution in [-0.4, -0.2) is 17.9 Å². The Hall–Kier alpha value is -1.38. The van der Waals surface area contributed by atoms with Crippen LogP contribution in [0, 0.1) is 5.92 Å². The van der Waals surface area contributed by atoms with Crippen molar-refractivity contribution in [2.24, 2.45) is 5.92 Å². The number of nitrogens with zero attached hydrogens (tertiary/aromatic N) is 1. The van der Waals surface area contributed by atoms with Crippen molar-refractivity contribution in [2.45, 2.75) is 33.1 Å². The Morgan fingerprint density at radius 3 is 2.69 bits per heavy atom. The van der Waals surface area contributed by atoms with Crippen LogP contribution < -0.4 is 4.74 Å². The summed E-state index contributed by atoms with van der Waals surface area (Å²) < 4.78 is 5.13. The number of ketones is 1. The second kappa shape index (κ2) is 6.26.